The molecule has 0 radical (unpaired) electrons. The summed E-state index contributed by atoms with van der Waals surface area (Å²) in [5.74, 6) is -0.873. The van der Waals surface area contributed by atoms with Crippen molar-refractivity contribution in [2.24, 2.45) is 0 Å². The molecule has 6 nitrogen and oxygen atoms in total. The molecule has 124 valence electrons. The number of carboxylic acids is 1. The number of benzene rings is 1. The molecular formula is C16H21N3O3S. The largest absolute Gasteiger partial charge is 0.480 e. The number of nitrogens with zero attached hydrogens (tertiary/aromatic N) is 2. The molecule has 2 N–H and O–H groups in total. The topological polar surface area (TPSA) is 78.4 Å². The Balaban J connectivity index is 2.21. The molecule has 0 saturated heterocycles. The standard InChI is InChI=1S/C16H21N3O3S/c1-19(9-11-8-12(10-22-2)18-17-11)15(16(20)21)13-6-4-5-7-14(13)23-3/h4-8,15H,9-10H2,1-3H3,(H,17,18)(H,20,21)/t15-/m0/s1. The van der Waals surface area contributed by atoms with E-state index >= 15 is 0 Å². The van der Waals surface area contributed by atoms with Crippen LogP contribution in [0, 0.1) is 0 Å². The van der Waals surface area contributed by atoms with Gasteiger partial charge in [0.15, 0.2) is 0 Å². The Morgan fingerprint density at radius 2 is 2.22 bits per heavy atom. The number of ether oxygens (including phenoxy) is 1. The summed E-state index contributed by atoms with van der Waals surface area (Å²) < 4.78 is 5.05. The zero-order valence-electron chi connectivity index (χ0n) is 13.4. The van der Waals surface area contributed by atoms with Crippen molar-refractivity contribution in [3.05, 3.63) is 47.3 Å². The number of rotatable bonds is 8. The van der Waals surface area contributed by atoms with Gasteiger partial charge in [0.05, 0.1) is 18.0 Å². The lowest BCUT2D eigenvalue weighted by molar-refractivity contribution is -0.143. The third-order valence-electron chi connectivity index (χ3n) is 3.50. The fourth-order valence-electron chi connectivity index (χ4n) is 2.52. The van der Waals surface area contributed by atoms with Crippen LogP contribution >= 0.6 is 11.8 Å². The summed E-state index contributed by atoms with van der Waals surface area (Å²) in [4.78, 5) is 14.6. The maximum atomic E-state index is 11.8. The normalized spacial score (nSPS) is 12.5. The Morgan fingerprint density at radius 1 is 1.48 bits per heavy atom. The second-order valence-corrected chi connectivity index (χ2v) is 6.06. The molecular weight excluding hydrogens is 314 g/mol. The van der Waals surface area contributed by atoms with Gasteiger partial charge in [-0.25, -0.2) is 0 Å². The first kappa shape index (κ1) is 17.5. The summed E-state index contributed by atoms with van der Waals surface area (Å²) in [7, 11) is 3.41. The minimum absolute atomic E-state index is 0.430. The third kappa shape index (κ3) is 4.34. The van der Waals surface area contributed by atoms with Gasteiger partial charge in [-0.1, -0.05) is 18.2 Å². The molecule has 0 aliphatic carbocycles. The molecule has 0 saturated carbocycles. The molecule has 1 aromatic heterocycles. The summed E-state index contributed by atoms with van der Waals surface area (Å²) in [6.45, 7) is 0.883. The third-order valence-corrected chi connectivity index (χ3v) is 4.32. The van der Waals surface area contributed by atoms with Crippen LogP contribution in [0.3, 0.4) is 0 Å². The molecule has 1 atom stereocenters. The van der Waals surface area contributed by atoms with Gasteiger partial charge in [-0.2, -0.15) is 5.10 Å². The first-order valence-corrected chi connectivity index (χ1v) is 8.37. The van der Waals surface area contributed by atoms with E-state index in [-0.39, 0.29) is 0 Å². The number of hydrogen-bond acceptors (Lipinski definition) is 5. The second kappa shape index (κ2) is 8.14. The van der Waals surface area contributed by atoms with E-state index in [1.807, 2.05) is 36.6 Å². The fraction of sp³-hybridized carbons (Fsp3) is 0.375. The molecule has 2 aromatic rings. The van der Waals surface area contributed by atoms with E-state index < -0.39 is 12.0 Å². The van der Waals surface area contributed by atoms with Gasteiger partial charge in [0.1, 0.15) is 6.04 Å². The number of H-pyrrole nitrogens is 1. The average molecular weight is 335 g/mol. The number of aromatic nitrogens is 2. The highest BCUT2D eigenvalue weighted by molar-refractivity contribution is 7.98. The van der Waals surface area contributed by atoms with Crippen LogP contribution in [0.4, 0.5) is 0 Å². The van der Waals surface area contributed by atoms with Crippen molar-refractivity contribution in [3.8, 4) is 0 Å². The minimum atomic E-state index is -0.873. The number of carboxylic acid groups (broad SMARTS) is 1. The lowest BCUT2D eigenvalue weighted by Crippen LogP contribution is -2.31. The Hall–Kier alpha value is -1.83. The number of thioether (sulfide) groups is 1. The Bertz CT molecular complexity index is 660. The molecule has 0 unspecified atom stereocenters. The average Bonchev–Trinajstić information content (AvgIpc) is 2.95. The smallest absolute Gasteiger partial charge is 0.325 e. The van der Waals surface area contributed by atoms with E-state index in [1.54, 1.807) is 30.8 Å². The molecule has 1 heterocycles. The summed E-state index contributed by atoms with van der Waals surface area (Å²) in [5.41, 5.74) is 2.45. The van der Waals surface area contributed by atoms with Crippen molar-refractivity contribution >= 4 is 17.7 Å². The Kier molecular flexibility index (Phi) is 6.20. The van der Waals surface area contributed by atoms with Gasteiger partial charge in [0.25, 0.3) is 0 Å². The molecule has 23 heavy (non-hydrogen) atoms. The number of aromatic amines is 1. The van der Waals surface area contributed by atoms with Crippen LogP contribution in [0.2, 0.25) is 0 Å². The molecule has 2 rings (SSSR count). The molecule has 0 spiro atoms. The highest BCUT2D eigenvalue weighted by atomic mass is 32.2. The van der Waals surface area contributed by atoms with Gasteiger partial charge in [-0.15, -0.1) is 11.8 Å². The number of nitrogens with one attached hydrogen (secondary N) is 1. The van der Waals surface area contributed by atoms with Crippen LogP contribution < -0.4 is 0 Å². The number of likely N-dealkylation sites (N-methyl/N-ethyl adjacent to an activating group) is 1. The SMILES string of the molecule is COCc1cc(CN(C)[C@H](C(=O)O)c2ccccc2SC)n[nH]1. The molecule has 0 aliphatic rings. The summed E-state index contributed by atoms with van der Waals surface area (Å²) >= 11 is 1.55. The van der Waals surface area contributed by atoms with Crippen molar-refractivity contribution in [1.82, 2.24) is 15.1 Å². The van der Waals surface area contributed by atoms with Crippen molar-refractivity contribution in [2.45, 2.75) is 24.1 Å². The Morgan fingerprint density at radius 3 is 2.87 bits per heavy atom. The highest BCUT2D eigenvalue weighted by Crippen LogP contribution is 2.30. The predicted octanol–water partition coefficient (Wildman–Crippen LogP) is 2.54. The van der Waals surface area contributed by atoms with Crippen LogP contribution in [0.25, 0.3) is 0 Å². The number of hydrogen-bond donors (Lipinski definition) is 2. The number of aliphatic carboxylic acids is 1. The van der Waals surface area contributed by atoms with Gasteiger partial charge in [-0.05, 0) is 31.0 Å². The van der Waals surface area contributed by atoms with Crippen LogP contribution in [-0.4, -0.2) is 46.6 Å². The zero-order chi connectivity index (χ0) is 16.8. The lowest BCUT2D eigenvalue weighted by atomic mass is 10.1. The zero-order valence-corrected chi connectivity index (χ0v) is 14.3. The maximum absolute atomic E-state index is 11.8. The fourth-order valence-corrected chi connectivity index (χ4v) is 3.15. The van der Waals surface area contributed by atoms with E-state index in [9.17, 15) is 9.90 Å². The van der Waals surface area contributed by atoms with Crippen molar-refractivity contribution in [2.75, 3.05) is 20.4 Å². The lowest BCUT2D eigenvalue weighted by Gasteiger charge is -2.25. The molecule has 1 aromatic carbocycles. The molecule has 0 aliphatic heterocycles. The van der Waals surface area contributed by atoms with Crippen LogP contribution in [-0.2, 0) is 22.7 Å². The van der Waals surface area contributed by atoms with E-state index in [4.69, 9.17) is 4.74 Å². The monoisotopic (exact) mass is 335 g/mol. The van der Waals surface area contributed by atoms with Gasteiger partial charge in [-0.3, -0.25) is 14.8 Å². The molecule has 0 fully saturated rings. The van der Waals surface area contributed by atoms with Crippen molar-refractivity contribution < 1.29 is 14.6 Å². The molecule has 0 bridgehead atoms. The van der Waals surface area contributed by atoms with Gasteiger partial charge in [0.2, 0.25) is 0 Å². The maximum Gasteiger partial charge on any atom is 0.325 e. The number of methoxy groups -OCH3 is 1. The molecule has 0 amide bonds. The van der Waals surface area contributed by atoms with Gasteiger partial charge < -0.3 is 9.84 Å². The van der Waals surface area contributed by atoms with E-state index in [2.05, 4.69) is 10.2 Å². The highest BCUT2D eigenvalue weighted by Gasteiger charge is 2.27. The minimum Gasteiger partial charge on any atom is -0.480 e. The van der Waals surface area contributed by atoms with Crippen molar-refractivity contribution in [3.63, 3.8) is 0 Å². The van der Waals surface area contributed by atoms with Crippen molar-refractivity contribution in [1.29, 1.82) is 0 Å². The molecule has 7 heteroatoms. The van der Waals surface area contributed by atoms with Crippen LogP contribution in [0.15, 0.2) is 35.2 Å². The Labute approximate surface area is 139 Å². The van der Waals surface area contributed by atoms with Gasteiger partial charge in [0, 0.05) is 18.6 Å². The van der Waals surface area contributed by atoms with E-state index in [0.717, 1.165) is 21.8 Å². The van der Waals surface area contributed by atoms with Crippen LogP contribution in [0.1, 0.15) is 23.0 Å². The predicted molar refractivity (Wildman–Crippen MR) is 89.4 cm³/mol. The number of carbonyl (C=O) groups is 1. The van der Waals surface area contributed by atoms with Crippen LogP contribution in [0.5, 0.6) is 0 Å². The summed E-state index contributed by atoms with van der Waals surface area (Å²) in [6, 6.07) is 8.75. The van der Waals surface area contributed by atoms with E-state index in [1.165, 1.54) is 0 Å². The first-order valence-electron chi connectivity index (χ1n) is 7.15. The van der Waals surface area contributed by atoms with E-state index in [0.29, 0.717) is 13.2 Å². The van der Waals surface area contributed by atoms with Gasteiger partial charge >= 0.3 is 5.97 Å². The quantitative estimate of drug-likeness (QED) is 0.722. The summed E-state index contributed by atoms with van der Waals surface area (Å²) in [6.07, 6.45) is 1.95. The second-order valence-electron chi connectivity index (χ2n) is 5.22. The first-order chi connectivity index (χ1) is 11.1. The summed E-state index contributed by atoms with van der Waals surface area (Å²) in [5, 5.41) is 16.8.